The number of hydrogen-bond donors (Lipinski definition) is 1. The molecule has 0 atom stereocenters. The SMILES string of the molecule is N#Cc1ccccc1-c1n[nH]nc1-c1ccccc1. The summed E-state index contributed by atoms with van der Waals surface area (Å²) in [4.78, 5) is 0. The van der Waals surface area contributed by atoms with E-state index in [1.165, 1.54) is 0 Å². The maximum absolute atomic E-state index is 9.17. The third kappa shape index (κ3) is 1.98. The van der Waals surface area contributed by atoms with Crippen LogP contribution in [0.5, 0.6) is 0 Å². The highest BCUT2D eigenvalue weighted by molar-refractivity contribution is 5.80. The van der Waals surface area contributed by atoms with E-state index < -0.39 is 0 Å². The van der Waals surface area contributed by atoms with Gasteiger partial charge < -0.3 is 0 Å². The first-order valence-electron chi connectivity index (χ1n) is 5.86. The Kier molecular flexibility index (Phi) is 2.79. The van der Waals surface area contributed by atoms with Crippen LogP contribution in [-0.2, 0) is 0 Å². The van der Waals surface area contributed by atoms with Gasteiger partial charge in [-0.25, -0.2) is 0 Å². The molecule has 0 unspecified atom stereocenters. The fraction of sp³-hybridized carbons (Fsp3) is 0. The summed E-state index contributed by atoms with van der Waals surface area (Å²) in [6, 6.07) is 19.3. The monoisotopic (exact) mass is 246 g/mol. The molecule has 3 aromatic rings. The van der Waals surface area contributed by atoms with Crippen molar-refractivity contribution in [2.45, 2.75) is 0 Å². The zero-order chi connectivity index (χ0) is 13.1. The van der Waals surface area contributed by atoms with E-state index in [4.69, 9.17) is 0 Å². The van der Waals surface area contributed by atoms with E-state index >= 15 is 0 Å². The van der Waals surface area contributed by atoms with Gasteiger partial charge in [0.25, 0.3) is 0 Å². The molecule has 90 valence electrons. The summed E-state index contributed by atoms with van der Waals surface area (Å²) in [5, 5.41) is 20.2. The number of nitrogens with one attached hydrogen (secondary N) is 1. The quantitative estimate of drug-likeness (QED) is 0.755. The Morgan fingerprint density at radius 2 is 1.53 bits per heavy atom. The highest BCUT2D eigenvalue weighted by Gasteiger charge is 2.14. The zero-order valence-corrected chi connectivity index (χ0v) is 10.0. The first-order valence-corrected chi connectivity index (χ1v) is 5.86. The molecule has 2 aromatic carbocycles. The van der Waals surface area contributed by atoms with E-state index in [0.29, 0.717) is 11.3 Å². The lowest BCUT2D eigenvalue weighted by Crippen LogP contribution is -1.87. The molecule has 0 aliphatic rings. The zero-order valence-electron chi connectivity index (χ0n) is 10.0. The Balaban J connectivity index is 2.19. The lowest BCUT2D eigenvalue weighted by atomic mass is 10.0. The summed E-state index contributed by atoms with van der Waals surface area (Å²) in [5.41, 5.74) is 3.80. The van der Waals surface area contributed by atoms with Crippen molar-refractivity contribution in [3.05, 3.63) is 60.2 Å². The van der Waals surface area contributed by atoms with Crippen LogP contribution in [0.2, 0.25) is 0 Å². The number of nitriles is 1. The van der Waals surface area contributed by atoms with Crippen LogP contribution < -0.4 is 0 Å². The highest BCUT2D eigenvalue weighted by atomic mass is 15.3. The van der Waals surface area contributed by atoms with Gasteiger partial charge in [-0.05, 0) is 6.07 Å². The number of aromatic amines is 1. The minimum atomic E-state index is 0.591. The van der Waals surface area contributed by atoms with Gasteiger partial charge in [-0.1, -0.05) is 48.5 Å². The number of hydrogen-bond acceptors (Lipinski definition) is 3. The predicted molar refractivity (Wildman–Crippen MR) is 72.0 cm³/mol. The van der Waals surface area contributed by atoms with Gasteiger partial charge in [-0.3, -0.25) is 0 Å². The summed E-state index contributed by atoms with van der Waals surface area (Å²) >= 11 is 0. The molecule has 0 spiro atoms. The summed E-state index contributed by atoms with van der Waals surface area (Å²) in [7, 11) is 0. The maximum atomic E-state index is 9.17. The van der Waals surface area contributed by atoms with E-state index in [0.717, 1.165) is 16.8 Å². The van der Waals surface area contributed by atoms with Crippen molar-refractivity contribution in [1.29, 1.82) is 5.26 Å². The fourth-order valence-corrected chi connectivity index (χ4v) is 2.00. The van der Waals surface area contributed by atoms with Crippen LogP contribution in [0.3, 0.4) is 0 Å². The van der Waals surface area contributed by atoms with E-state index in [1.807, 2.05) is 48.5 Å². The van der Waals surface area contributed by atoms with Crippen LogP contribution >= 0.6 is 0 Å². The summed E-state index contributed by atoms with van der Waals surface area (Å²) in [6.07, 6.45) is 0. The normalized spacial score (nSPS) is 10.1. The van der Waals surface area contributed by atoms with Crippen molar-refractivity contribution in [2.24, 2.45) is 0 Å². The molecular formula is C15H10N4. The van der Waals surface area contributed by atoms with Crippen LogP contribution in [0.1, 0.15) is 5.56 Å². The first-order chi connectivity index (χ1) is 9.40. The number of H-pyrrole nitrogens is 1. The molecule has 0 saturated carbocycles. The molecule has 0 saturated heterocycles. The first kappa shape index (κ1) is 11.2. The summed E-state index contributed by atoms with van der Waals surface area (Å²) < 4.78 is 0. The second kappa shape index (κ2) is 4.75. The predicted octanol–water partition coefficient (Wildman–Crippen LogP) is 3.01. The van der Waals surface area contributed by atoms with Crippen LogP contribution in [0, 0.1) is 11.3 Å². The van der Waals surface area contributed by atoms with Crippen molar-refractivity contribution >= 4 is 0 Å². The molecule has 1 aromatic heterocycles. The molecule has 0 amide bonds. The second-order valence-electron chi connectivity index (χ2n) is 4.04. The third-order valence-electron chi connectivity index (χ3n) is 2.90. The van der Waals surface area contributed by atoms with Crippen molar-refractivity contribution in [2.75, 3.05) is 0 Å². The van der Waals surface area contributed by atoms with E-state index in [-0.39, 0.29) is 0 Å². The van der Waals surface area contributed by atoms with Crippen molar-refractivity contribution < 1.29 is 0 Å². The van der Waals surface area contributed by atoms with Crippen LogP contribution in [0.4, 0.5) is 0 Å². The lowest BCUT2D eigenvalue weighted by molar-refractivity contribution is 0.944. The molecular weight excluding hydrogens is 236 g/mol. The molecule has 4 nitrogen and oxygen atoms in total. The largest absolute Gasteiger partial charge is 0.197 e. The second-order valence-corrected chi connectivity index (χ2v) is 4.04. The number of rotatable bonds is 2. The smallest absolute Gasteiger partial charge is 0.122 e. The average molecular weight is 246 g/mol. The van der Waals surface area contributed by atoms with Gasteiger partial charge in [-0.2, -0.15) is 20.7 Å². The Labute approximate surface area is 110 Å². The van der Waals surface area contributed by atoms with Gasteiger partial charge in [0.2, 0.25) is 0 Å². The summed E-state index contributed by atoms with van der Waals surface area (Å²) in [5.74, 6) is 0. The standard InChI is InChI=1S/C15H10N4/c16-10-12-8-4-5-9-13(12)15-14(17-19-18-15)11-6-2-1-3-7-11/h1-9H,(H,17,18,19). The van der Waals surface area contributed by atoms with Gasteiger partial charge in [0.15, 0.2) is 0 Å². The molecule has 1 N–H and O–H groups in total. The fourth-order valence-electron chi connectivity index (χ4n) is 2.00. The molecule has 0 radical (unpaired) electrons. The van der Waals surface area contributed by atoms with E-state index in [2.05, 4.69) is 21.5 Å². The van der Waals surface area contributed by atoms with Gasteiger partial charge >= 0.3 is 0 Å². The minimum absolute atomic E-state index is 0.591. The Morgan fingerprint density at radius 3 is 2.32 bits per heavy atom. The van der Waals surface area contributed by atoms with Crippen molar-refractivity contribution in [3.63, 3.8) is 0 Å². The maximum Gasteiger partial charge on any atom is 0.122 e. The van der Waals surface area contributed by atoms with E-state index in [1.54, 1.807) is 6.07 Å². The van der Waals surface area contributed by atoms with Crippen molar-refractivity contribution in [3.8, 4) is 28.6 Å². The summed E-state index contributed by atoms with van der Waals surface area (Å²) in [6.45, 7) is 0. The van der Waals surface area contributed by atoms with Crippen molar-refractivity contribution in [1.82, 2.24) is 15.4 Å². The van der Waals surface area contributed by atoms with Crippen LogP contribution in [-0.4, -0.2) is 15.4 Å². The average Bonchev–Trinajstić information content (AvgIpc) is 2.97. The Morgan fingerprint density at radius 1 is 0.842 bits per heavy atom. The van der Waals surface area contributed by atoms with Gasteiger partial charge in [0.1, 0.15) is 11.4 Å². The molecule has 0 aliphatic heterocycles. The van der Waals surface area contributed by atoms with E-state index in [9.17, 15) is 5.26 Å². The van der Waals surface area contributed by atoms with Crippen LogP contribution in [0.15, 0.2) is 54.6 Å². The molecule has 4 heteroatoms. The number of benzene rings is 2. The van der Waals surface area contributed by atoms with Crippen LogP contribution in [0.25, 0.3) is 22.5 Å². The molecule has 3 rings (SSSR count). The molecule has 0 fully saturated rings. The Bertz CT molecular complexity index is 738. The lowest BCUT2D eigenvalue weighted by Gasteiger charge is -2.02. The number of aromatic nitrogens is 3. The molecule has 19 heavy (non-hydrogen) atoms. The minimum Gasteiger partial charge on any atom is -0.197 e. The highest BCUT2D eigenvalue weighted by Crippen LogP contribution is 2.29. The molecule has 0 aliphatic carbocycles. The van der Waals surface area contributed by atoms with Gasteiger partial charge in [-0.15, -0.1) is 0 Å². The topological polar surface area (TPSA) is 65.4 Å². The third-order valence-corrected chi connectivity index (χ3v) is 2.90. The van der Waals surface area contributed by atoms with Gasteiger partial charge in [0.05, 0.1) is 11.6 Å². The Hall–Kier alpha value is -2.93. The molecule has 0 bridgehead atoms. The van der Waals surface area contributed by atoms with Gasteiger partial charge in [0, 0.05) is 11.1 Å². The molecule has 1 heterocycles. The number of nitrogens with zero attached hydrogens (tertiary/aromatic N) is 3.